The van der Waals surface area contributed by atoms with Gasteiger partial charge in [-0.3, -0.25) is 0 Å². The minimum atomic E-state index is -0.897. The van der Waals surface area contributed by atoms with E-state index in [4.69, 9.17) is 4.74 Å². The van der Waals surface area contributed by atoms with Crippen LogP contribution in [0.3, 0.4) is 0 Å². The Bertz CT molecular complexity index is 575. The Morgan fingerprint density at radius 2 is 2.00 bits per heavy atom. The van der Waals surface area contributed by atoms with Crippen LogP contribution in [0.1, 0.15) is 37.3 Å². The number of hydrogen-bond acceptors (Lipinski definition) is 2. The first-order chi connectivity index (χ1) is 8.45. The molecule has 1 heterocycles. The molecule has 1 aromatic heterocycles. The molecular weight excluding hydrogens is 294 g/mol. The van der Waals surface area contributed by atoms with Crippen LogP contribution in [-0.2, 0) is 4.74 Å². The van der Waals surface area contributed by atoms with Crippen molar-refractivity contribution in [2.45, 2.75) is 33.1 Å². The van der Waals surface area contributed by atoms with Gasteiger partial charge in [-0.15, -0.1) is 0 Å². The zero-order valence-electron chi connectivity index (χ0n) is 11.1. The van der Waals surface area contributed by atoms with Gasteiger partial charge in [0.15, 0.2) is 6.29 Å². The highest BCUT2D eigenvalue weighted by Gasteiger charge is 2.17. The summed E-state index contributed by atoms with van der Waals surface area (Å²) in [6.07, 6.45) is 1.22. The Balaban J connectivity index is 2.80. The normalized spacial score (nSPS) is 13.5. The number of hydrogen-bond donors (Lipinski definition) is 1. The summed E-state index contributed by atoms with van der Waals surface area (Å²) in [7, 11) is 1.51. The number of nitrogens with zero attached hydrogens (tertiary/aromatic N) is 1. The van der Waals surface area contributed by atoms with Gasteiger partial charge < -0.3 is 14.4 Å². The maximum Gasteiger partial charge on any atom is 0.181 e. The van der Waals surface area contributed by atoms with Gasteiger partial charge in [-0.05, 0) is 38.5 Å². The fourth-order valence-electron chi connectivity index (χ4n) is 2.34. The van der Waals surface area contributed by atoms with E-state index in [0.717, 1.165) is 26.5 Å². The summed E-state index contributed by atoms with van der Waals surface area (Å²) in [5.74, 6) is 0. The van der Waals surface area contributed by atoms with E-state index in [-0.39, 0.29) is 0 Å². The van der Waals surface area contributed by atoms with Crippen molar-refractivity contribution in [1.29, 1.82) is 0 Å². The summed E-state index contributed by atoms with van der Waals surface area (Å²) in [6, 6.07) is 4.37. The lowest BCUT2D eigenvalue weighted by atomic mass is 10.1. The lowest BCUT2D eigenvalue weighted by Gasteiger charge is -2.14. The van der Waals surface area contributed by atoms with E-state index in [1.54, 1.807) is 0 Å². The van der Waals surface area contributed by atoms with Crippen molar-refractivity contribution in [2.75, 3.05) is 7.11 Å². The zero-order chi connectivity index (χ0) is 13.4. The third kappa shape index (κ3) is 2.20. The Morgan fingerprint density at radius 3 is 2.56 bits per heavy atom. The molecule has 0 aliphatic rings. The number of aryl methyl sites for hydroxylation is 1. The number of halogens is 1. The van der Waals surface area contributed by atoms with Crippen molar-refractivity contribution >= 4 is 26.8 Å². The van der Waals surface area contributed by atoms with Gasteiger partial charge in [0, 0.05) is 34.8 Å². The molecule has 1 N–H and O–H groups in total. The number of benzene rings is 1. The molecule has 0 radical (unpaired) electrons. The van der Waals surface area contributed by atoms with Crippen LogP contribution in [0, 0.1) is 6.92 Å². The van der Waals surface area contributed by atoms with Crippen LogP contribution in [-0.4, -0.2) is 16.8 Å². The summed E-state index contributed by atoms with van der Waals surface area (Å²) in [5, 5.41) is 11.0. The minimum absolute atomic E-state index is 0.378. The Labute approximate surface area is 115 Å². The highest BCUT2D eigenvalue weighted by atomic mass is 79.9. The highest BCUT2D eigenvalue weighted by molar-refractivity contribution is 9.10. The molecule has 0 saturated carbocycles. The van der Waals surface area contributed by atoms with Gasteiger partial charge >= 0.3 is 0 Å². The number of aliphatic hydroxyl groups excluding tert-OH is 1. The molecule has 1 atom stereocenters. The van der Waals surface area contributed by atoms with Crippen molar-refractivity contribution in [3.8, 4) is 0 Å². The van der Waals surface area contributed by atoms with E-state index < -0.39 is 6.29 Å². The summed E-state index contributed by atoms with van der Waals surface area (Å²) >= 11 is 3.49. The molecule has 2 aromatic rings. The van der Waals surface area contributed by atoms with Crippen LogP contribution >= 0.6 is 15.9 Å². The van der Waals surface area contributed by atoms with Gasteiger partial charge in [0.2, 0.25) is 0 Å². The van der Waals surface area contributed by atoms with Crippen molar-refractivity contribution < 1.29 is 9.84 Å². The first kappa shape index (κ1) is 13.6. The van der Waals surface area contributed by atoms with Gasteiger partial charge in [0.25, 0.3) is 0 Å². The third-order valence-corrected chi connectivity index (χ3v) is 3.62. The molecule has 1 unspecified atom stereocenters. The van der Waals surface area contributed by atoms with Crippen LogP contribution in [0.25, 0.3) is 10.9 Å². The fraction of sp³-hybridized carbons (Fsp3) is 0.429. The van der Waals surface area contributed by atoms with E-state index in [1.165, 1.54) is 7.11 Å². The second-order valence-electron chi connectivity index (χ2n) is 4.79. The number of ether oxygens (including phenoxy) is 1. The zero-order valence-corrected chi connectivity index (χ0v) is 12.7. The van der Waals surface area contributed by atoms with E-state index in [2.05, 4.69) is 53.5 Å². The molecule has 0 fully saturated rings. The van der Waals surface area contributed by atoms with Crippen LogP contribution in [0.15, 0.2) is 22.8 Å². The molecule has 0 saturated heterocycles. The molecule has 0 spiro atoms. The summed E-state index contributed by atoms with van der Waals surface area (Å²) in [6.45, 7) is 6.35. The van der Waals surface area contributed by atoms with E-state index in [9.17, 15) is 5.11 Å². The topological polar surface area (TPSA) is 34.4 Å². The predicted molar refractivity (Wildman–Crippen MR) is 76.7 cm³/mol. The Morgan fingerprint density at radius 1 is 1.33 bits per heavy atom. The molecule has 2 rings (SSSR count). The van der Waals surface area contributed by atoms with E-state index >= 15 is 0 Å². The smallest absolute Gasteiger partial charge is 0.181 e. The number of rotatable bonds is 3. The fourth-order valence-corrected chi connectivity index (χ4v) is 2.80. The molecule has 1 aromatic carbocycles. The van der Waals surface area contributed by atoms with Gasteiger partial charge in [-0.2, -0.15) is 0 Å². The van der Waals surface area contributed by atoms with Crippen molar-refractivity contribution in [2.24, 2.45) is 0 Å². The SMILES string of the molecule is COC(O)c1cc(Br)cc2c1c(C)cn2C(C)C. The second kappa shape index (κ2) is 5.03. The molecule has 3 nitrogen and oxygen atoms in total. The van der Waals surface area contributed by atoms with Gasteiger partial charge in [0.1, 0.15) is 0 Å². The van der Waals surface area contributed by atoms with Gasteiger partial charge in [-0.25, -0.2) is 0 Å². The number of aromatic nitrogens is 1. The largest absolute Gasteiger partial charge is 0.364 e. The molecule has 0 aliphatic carbocycles. The number of aliphatic hydroxyl groups is 1. The minimum Gasteiger partial charge on any atom is -0.364 e. The Hall–Kier alpha value is -0.840. The molecule has 0 bridgehead atoms. The first-order valence-electron chi connectivity index (χ1n) is 5.97. The van der Waals surface area contributed by atoms with E-state index in [1.807, 2.05) is 6.07 Å². The van der Waals surface area contributed by atoms with Gasteiger partial charge in [-0.1, -0.05) is 15.9 Å². The van der Waals surface area contributed by atoms with Crippen LogP contribution in [0.4, 0.5) is 0 Å². The average molecular weight is 312 g/mol. The average Bonchev–Trinajstić information content (AvgIpc) is 2.64. The van der Waals surface area contributed by atoms with Gasteiger partial charge in [0.05, 0.1) is 5.52 Å². The van der Waals surface area contributed by atoms with Crippen LogP contribution in [0.2, 0.25) is 0 Å². The molecule has 0 aliphatic heterocycles. The second-order valence-corrected chi connectivity index (χ2v) is 5.71. The van der Waals surface area contributed by atoms with Crippen LogP contribution in [0.5, 0.6) is 0 Å². The lowest BCUT2D eigenvalue weighted by Crippen LogP contribution is -2.02. The monoisotopic (exact) mass is 311 g/mol. The first-order valence-corrected chi connectivity index (χ1v) is 6.76. The summed E-state index contributed by atoms with van der Waals surface area (Å²) in [5.41, 5.74) is 3.07. The van der Waals surface area contributed by atoms with Crippen molar-refractivity contribution in [1.82, 2.24) is 4.57 Å². The lowest BCUT2D eigenvalue weighted by molar-refractivity contribution is -0.0759. The molecule has 18 heavy (non-hydrogen) atoms. The number of methoxy groups -OCH3 is 1. The molecule has 0 amide bonds. The summed E-state index contributed by atoms with van der Waals surface area (Å²) < 4.78 is 8.20. The van der Waals surface area contributed by atoms with Crippen molar-refractivity contribution in [3.05, 3.63) is 33.9 Å². The van der Waals surface area contributed by atoms with Crippen molar-refractivity contribution in [3.63, 3.8) is 0 Å². The Kier molecular flexibility index (Phi) is 3.80. The van der Waals surface area contributed by atoms with Crippen LogP contribution < -0.4 is 0 Å². The maximum atomic E-state index is 9.97. The van der Waals surface area contributed by atoms with E-state index in [0.29, 0.717) is 6.04 Å². The third-order valence-electron chi connectivity index (χ3n) is 3.16. The number of fused-ring (bicyclic) bond motifs is 1. The summed E-state index contributed by atoms with van der Waals surface area (Å²) in [4.78, 5) is 0. The highest BCUT2D eigenvalue weighted by Crippen LogP contribution is 2.33. The maximum absolute atomic E-state index is 9.97. The standard InChI is InChI=1S/C14H18BrNO2/c1-8(2)16-7-9(3)13-11(14(17)18-4)5-10(15)6-12(13)16/h5-8,14,17H,1-4H3. The quantitative estimate of drug-likeness (QED) is 0.871. The molecule has 98 valence electrons. The predicted octanol–water partition coefficient (Wildman–Crippen LogP) is 3.93. The molecular formula is C14H18BrNO2. The molecule has 4 heteroatoms.